The number of fused-ring (bicyclic) bond motifs is 1. The van der Waals surface area contributed by atoms with Gasteiger partial charge in [0.05, 0.1) is 5.56 Å². The standard InChI is InChI=1S/C19H25N3OS/c1-3-11-22(12-4-2)13-10-18(23)21-19-16(14-20)15-8-6-5-7-9-17(15)24-19/h3-4H,1-2,5-13H2,(H,21,23). The summed E-state index contributed by atoms with van der Waals surface area (Å²) in [7, 11) is 0. The van der Waals surface area contributed by atoms with Gasteiger partial charge in [0.25, 0.3) is 0 Å². The van der Waals surface area contributed by atoms with Crippen LogP contribution in [0.15, 0.2) is 25.3 Å². The number of amides is 1. The lowest BCUT2D eigenvalue weighted by molar-refractivity contribution is -0.116. The average Bonchev–Trinajstić information content (AvgIpc) is 2.73. The van der Waals surface area contributed by atoms with Crippen molar-refractivity contribution in [1.82, 2.24) is 4.90 Å². The molecule has 5 heteroatoms. The van der Waals surface area contributed by atoms with Gasteiger partial charge in [-0.1, -0.05) is 18.6 Å². The van der Waals surface area contributed by atoms with Gasteiger partial charge in [-0.3, -0.25) is 9.69 Å². The number of aryl methyl sites for hydroxylation is 1. The fraction of sp³-hybridized carbons (Fsp3) is 0.474. The molecule has 0 fully saturated rings. The highest BCUT2D eigenvalue weighted by atomic mass is 32.1. The molecule has 1 aromatic rings. The lowest BCUT2D eigenvalue weighted by Crippen LogP contribution is -2.28. The van der Waals surface area contributed by atoms with Crippen LogP contribution in [0.2, 0.25) is 0 Å². The molecule has 0 atom stereocenters. The first-order valence-electron chi connectivity index (χ1n) is 8.48. The number of nitrogens with one attached hydrogen (secondary N) is 1. The van der Waals surface area contributed by atoms with E-state index in [9.17, 15) is 10.1 Å². The van der Waals surface area contributed by atoms with Gasteiger partial charge < -0.3 is 5.32 Å². The summed E-state index contributed by atoms with van der Waals surface area (Å²) in [5.41, 5.74) is 1.84. The predicted molar refractivity (Wildman–Crippen MR) is 100 cm³/mol. The van der Waals surface area contributed by atoms with Crippen LogP contribution in [0.5, 0.6) is 0 Å². The summed E-state index contributed by atoms with van der Waals surface area (Å²) >= 11 is 1.58. The van der Waals surface area contributed by atoms with Crippen LogP contribution in [0.4, 0.5) is 5.00 Å². The van der Waals surface area contributed by atoms with E-state index in [2.05, 4.69) is 29.4 Å². The first kappa shape index (κ1) is 18.4. The maximum atomic E-state index is 12.3. The number of hydrogen-bond acceptors (Lipinski definition) is 4. The van der Waals surface area contributed by atoms with Crippen LogP contribution in [-0.4, -0.2) is 30.4 Å². The highest BCUT2D eigenvalue weighted by Gasteiger charge is 2.21. The molecule has 0 spiro atoms. The zero-order valence-electron chi connectivity index (χ0n) is 14.1. The van der Waals surface area contributed by atoms with Gasteiger partial charge in [0, 0.05) is 30.9 Å². The molecule has 2 rings (SSSR count). The molecule has 0 aliphatic heterocycles. The minimum Gasteiger partial charge on any atom is -0.317 e. The zero-order valence-corrected chi connectivity index (χ0v) is 15.0. The van der Waals surface area contributed by atoms with Crippen LogP contribution in [0.3, 0.4) is 0 Å². The van der Waals surface area contributed by atoms with E-state index in [4.69, 9.17) is 0 Å². The molecule has 0 radical (unpaired) electrons. The lowest BCUT2D eigenvalue weighted by atomic mass is 10.1. The van der Waals surface area contributed by atoms with Crippen molar-refractivity contribution in [1.29, 1.82) is 5.26 Å². The lowest BCUT2D eigenvalue weighted by Gasteiger charge is -2.18. The third kappa shape index (κ3) is 4.80. The van der Waals surface area contributed by atoms with Crippen LogP contribution in [0.25, 0.3) is 0 Å². The van der Waals surface area contributed by atoms with E-state index >= 15 is 0 Å². The van der Waals surface area contributed by atoms with Gasteiger partial charge in [-0.15, -0.1) is 24.5 Å². The molecule has 1 aromatic heterocycles. The Hall–Kier alpha value is -1.90. The Morgan fingerprint density at radius 1 is 1.25 bits per heavy atom. The van der Waals surface area contributed by atoms with Crippen LogP contribution in [0, 0.1) is 11.3 Å². The predicted octanol–water partition coefficient (Wildman–Crippen LogP) is 3.89. The van der Waals surface area contributed by atoms with Gasteiger partial charge in [-0.25, -0.2) is 0 Å². The van der Waals surface area contributed by atoms with Crippen molar-refractivity contribution >= 4 is 22.2 Å². The molecule has 0 bridgehead atoms. The number of carbonyl (C=O) groups excluding carboxylic acids is 1. The topological polar surface area (TPSA) is 56.1 Å². The minimum atomic E-state index is -0.0407. The quantitative estimate of drug-likeness (QED) is 0.575. The van der Waals surface area contributed by atoms with Crippen LogP contribution in [-0.2, 0) is 17.6 Å². The first-order valence-corrected chi connectivity index (χ1v) is 9.29. The average molecular weight is 343 g/mol. The normalized spacial score (nSPS) is 13.7. The second kappa shape index (κ2) is 9.41. The van der Waals surface area contributed by atoms with Crippen LogP contribution >= 0.6 is 11.3 Å². The number of rotatable bonds is 8. The van der Waals surface area contributed by atoms with Crippen molar-refractivity contribution in [2.24, 2.45) is 0 Å². The van der Waals surface area contributed by atoms with Gasteiger partial charge in [0.1, 0.15) is 11.1 Å². The maximum absolute atomic E-state index is 12.3. The van der Waals surface area contributed by atoms with Gasteiger partial charge in [-0.05, 0) is 31.2 Å². The molecule has 0 aromatic carbocycles. The number of nitrogens with zero attached hydrogens (tertiary/aromatic N) is 2. The van der Waals surface area contributed by atoms with Crippen molar-refractivity contribution in [3.05, 3.63) is 41.3 Å². The summed E-state index contributed by atoms with van der Waals surface area (Å²) in [5, 5.41) is 13.2. The molecule has 24 heavy (non-hydrogen) atoms. The molecule has 1 N–H and O–H groups in total. The Bertz CT molecular complexity index is 632. The number of hydrogen-bond donors (Lipinski definition) is 1. The van der Waals surface area contributed by atoms with E-state index in [0.717, 1.165) is 42.9 Å². The number of thiophene rings is 1. The Kier molecular flexibility index (Phi) is 7.23. The molecule has 4 nitrogen and oxygen atoms in total. The highest BCUT2D eigenvalue weighted by Crippen LogP contribution is 2.36. The summed E-state index contributed by atoms with van der Waals surface area (Å²) in [4.78, 5) is 15.7. The number of anilines is 1. The molecule has 0 unspecified atom stereocenters. The molecule has 1 heterocycles. The van der Waals surface area contributed by atoms with E-state index in [-0.39, 0.29) is 5.91 Å². The van der Waals surface area contributed by atoms with E-state index in [1.54, 1.807) is 11.3 Å². The molecule has 0 saturated heterocycles. The van der Waals surface area contributed by atoms with Crippen molar-refractivity contribution in [2.45, 2.75) is 38.5 Å². The molecule has 0 saturated carbocycles. The largest absolute Gasteiger partial charge is 0.317 e. The number of carbonyl (C=O) groups is 1. The molecule has 1 aliphatic carbocycles. The molecule has 1 amide bonds. The fourth-order valence-electron chi connectivity index (χ4n) is 3.02. The second-order valence-electron chi connectivity index (χ2n) is 6.02. The van der Waals surface area contributed by atoms with E-state index in [0.29, 0.717) is 18.5 Å². The molecule has 128 valence electrons. The van der Waals surface area contributed by atoms with Gasteiger partial charge in [-0.2, -0.15) is 5.26 Å². The first-order chi connectivity index (χ1) is 11.7. The second-order valence-corrected chi connectivity index (χ2v) is 7.12. The third-order valence-corrected chi connectivity index (χ3v) is 5.42. The Morgan fingerprint density at radius 2 is 1.96 bits per heavy atom. The molecule has 1 aliphatic rings. The third-order valence-electron chi connectivity index (χ3n) is 4.22. The monoisotopic (exact) mass is 343 g/mol. The summed E-state index contributed by atoms with van der Waals surface area (Å²) in [6.07, 6.45) is 9.55. The highest BCUT2D eigenvalue weighted by molar-refractivity contribution is 7.16. The van der Waals surface area contributed by atoms with Crippen LogP contribution < -0.4 is 5.32 Å². The SMILES string of the molecule is C=CCN(CC=C)CCC(=O)Nc1sc2c(c1C#N)CCCCC2. The van der Waals surface area contributed by atoms with Crippen molar-refractivity contribution < 1.29 is 4.79 Å². The Labute approximate surface area is 148 Å². The zero-order chi connectivity index (χ0) is 17.4. The smallest absolute Gasteiger partial charge is 0.226 e. The van der Waals surface area contributed by atoms with Crippen molar-refractivity contribution in [3.63, 3.8) is 0 Å². The molecular formula is C19H25N3OS. The maximum Gasteiger partial charge on any atom is 0.226 e. The van der Waals surface area contributed by atoms with E-state index < -0.39 is 0 Å². The summed E-state index contributed by atoms with van der Waals surface area (Å²) in [6.45, 7) is 9.58. The van der Waals surface area contributed by atoms with Crippen molar-refractivity contribution in [3.8, 4) is 6.07 Å². The van der Waals surface area contributed by atoms with E-state index in [1.165, 1.54) is 17.7 Å². The Morgan fingerprint density at radius 3 is 2.62 bits per heavy atom. The number of nitriles is 1. The minimum absolute atomic E-state index is 0.0407. The Balaban J connectivity index is 2.00. The van der Waals surface area contributed by atoms with Gasteiger partial charge in [0.15, 0.2) is 0 Å². The van der Waals surface area contributed by atoms with Gasteiger partial charge >= 0.3 is 0 Å². The van der Waals surface area contributed by atoms with Crippen molar-refractivity contribution in [2.75, 3.05) is 25.0 Å². The van der Waals surface area contributed by atoms with Gasteiger partial charge in [0.2, 0.25) is 5.91 Å². The fourth-order valence-corrected chi connectivity index (χ4v) is 4.28. The molecular weight excluding hydrogens is 318 g/mol. The van der Waals surface area contributed by atoms with E-state index in [1.807, 2.05) is 12.2 Å². The summed E-state index contributed by atoms with van der Waals surface area (Å²) in [6, 6.07) is 2.30. The summed E-state index contributed by atoms with van der Waals surface area (Å²) < 4.78 is 0. The summed E-state index contributed by atoms with van der Waals surface area (Å²) in [5.74, 6) is -0.0407. The van der Waals surface area contributed by atoms with Crippen LogP contribution in [0.1, 0.15) is 41.7 Å².